The van der Waals surface area contributed by atoms with Gasteiger partial charge in [-0.3, -0.25) is 0 Å². The zero-order chi connectivity index (χ0) is 14.8. The van der Waals surface area contributed by atoms with E-state index >= 15 is 0 Å². The third-order valence-corrected chi connectivity index (χ3v) is 4.70. The number of hydrogen-bond acceptors (Lipinski definition) is 3. The standard InChI is InChI=1S/C16H23ClN4/c1-2-13(18)10-21-15(11-6-4-3-5-7-11)20-14-8-12(17)9-19-16(14)21/h8-9,11,13H,2-7,10,18H2,1H3. The third kappa shape index (κ3) is 3.06. The predicted octanol–water partition coefficient (Wildman–Crippen LogP) is 3.87. The zero-order valence-electron chi connectivity index (χ0n) is 12.6. The van der Waals surface area contributed by atoms with E-state index in [4.69, 9.17) is 22.3 Å². The largest absolute Gasteiger partial charge is 0.326 e. The lowest BCUT2D eigenvalue weighted by Gasteiger charge is -2.23. The van der Waals surface area contributed by atoms with Crippen molar-refractivity contribution in [2.24, 2.45) is 5.73 Å². The Labute approximate surface area is 130 Å². The van der Waals surface area contributed by atoms with Gasteiger partial charge in [0.2, 0.25) is 0 Å². The number of pyridine rings is 1. The molecule has 0 aliphatic heterocycles. The number of nitrogens with zero attached hydrogens (tertiary/aromatic N) is 3. The first-order chi connectivity index (χ1) is 10.2. The molecule has 0 radical (unpaired) electrons. The van der Waals surface area contributed by atoms with E-state index in [9.17, 15) is 0 Å². The van der Waals surface area contributed by atoms with Gasteiger partial charge in [0.1, 0.15) is 11.3 Å². The lowest BCUT2D eigenvalue weighted by molar-refractivity contribution is 0.409. The molecule has 21 heavy (non-hydrogen) atoms. The molecule has 0 saturated heterocycles. The summed E-state index contributed by atoms with van der Waals surface area (Å²) in [5.41, 5.74) is 8.00. The fourth-order valence-electron chi connectivity index (χ4n) is 3.22. The van der Waals surface area contributed by atoms with Crippen LogP contribution in [0.25, 0.3) is 11.2 Å². The van der Waals surface area contributed by atoms with Crippen LogP contribution in [0.2, 0.25) is 5.02 Å². The number of imidazole rings is 1. The first-order valence-electron chi connectivity index (χ1n) is 7.96. The fraction of sp³-hybridized carbons (Fsp3) is 0.625. The fourth-order valence-corrected chi connectivity index (χ4v) is 3.37. The van der Waals surface area contributed by atoms with Crippen molar-refractivity contribution in [1.29, 1.82) is 0 Å². The minimum absolute atomic E-state index is 0.141. The molecule has 1 fully saturated rings. The Hall–Kier alpha value is -1.13. The maximum atomic E-state index is 6.18. The van der Waals surface area contributed by atoms with Gasteiger partial charge >= 0.3 is 0 Å². The molecule has 2 N–H and O–H groups in total. The molecule has 0 aromatic carbocycles. The second-order valence-electron chi connectivity index (χ2n) is 6.08. The molecule has 1 aliphatic rings. The van der Waals surface area contributed by atoms with Crippen LogP contribution >= 0.6 is 11.6 Å². The average Bonchev–Trinajstić information content (AvgIpc) is 2.85. The van der Waals surface area contributed by atoms with E-state index in [2.05, 4.69) is 16.5 Å². The van der Waals surface area contributed by atoms with E-state index in [0.29, 0.717) is 10.9 Å². The van der Waals surface area contributed by atoms with Crippen LogP contribution in [0.3, 0.4) is 0 Å². The number of nitrogens with two attached hydrogens (primary N) is 1. The van der Waals surface area contributed by atoms with E-state index < -0.39 is 0 Å². The van der Waals surface area contributed by atoms with Crippen LogP contribution in [0, 0.1) is 0 Å². The summed E-state index contributed by atoms with van der Waals surface area (Å²) in [5, 5.41) is 0.641. The summed E-state index contributed by atoms with van der Waals surface area (Å²) in [6.07, 6.45) is 9.03. The van der Waals surface area contributed by atoms with Gasteiger partial charge < -0.3 is 10.3 Å². The van der Waals surface area contributed by atoms with Gasteiger partial charge in [-0.2, -0.15) is 0 Å². The third-order valence-electron chi connectivity index (χ3n) is 4.49. The van der Waals surface area contributed by atoms with E-state index in [1.807, 2.05) is 6.07 Å². The van der Waals surface area contributed by atoms with Crippen LogP contribution in [0.5, 0.6) is 0 Å². The van der Waals surface area contributed by atoms with Crippen molar-refractivity contribution in [2.45, 2.75) is 64.0 Å². The normalized spacial score (nSPS) is 18.2. The van der Waals surface area contributed by atoms with Crippen LogP contribution < -0.4 is 5.73 Å². The van der Waals surface area contributed by atoms with Crippen molar-refractivity contribution in [1.82, 2.24) is 14.5 Å². The van der Waals surface area contributed by atoms with Crippen molar-refractivity contribution >= 4 is 22.8 Å². The first kappa shape index (κ1) is 14.8. The molecular weight excluding hydrogens is 284 g/mol. The van der Waals surface area contributed by atoms with E-state index in [1.54, 1.807) is 6.20 Å². The van der Waals surface area contributed by atoms with Gasteiger partial charge in [0.25, 0.3) is 0 Å². The summed E-state index contributed by atoms with van der Waals surface area (Å²) in [6, 6.07) is 2.05. The molecule has 1 unspecified atom stereocenters. The highest BCUT2D eigenvalue weighted by Crippen LogP contribution is 2.34. The smallest absolute Gasteiger partial charge is 0.160 e. The Kier molecular flexibility index (Phi) is 4.45. The highest BCUT2D eigenvalue weighted by molar-refractivity contribution is 6.31. The minimum atomic E-state index is 0.141. The molecule has 0 bridgehead atoms. The Morgan fingerprint density at radius 3 is 2.86 bits per heavy atom. The minimum Gasteiger partial charge on any atom is -0.326 e. The number of halogens is 1. The predicted molar refractivity (Wildman–Crippen MR) is 86.6 cm³/mol. The number of aromatic nitrogens is 3. The average molecular weight is 307 g/mol. The zero-order valence-corrected chi connectivity index (χ0v) is 13.3. The molecule has 0 spiro atoms. The van der Waals surface area contributed by atoms with Crippen molar-refractivity contribution < 1.29 is 0 Å². The summed E-state index contributed by atoms with van der Waals surface area (Å²) >= 11 is 6.06. The highest BCUT2D eigenvalue weighted by atomic mass is 35.5. The molecule has 1 atom stereocenters. The van der Waals surface area contributed by atoms with Crippen LogP contribution in [-0.4, -0.2) is 20.6 Å². The molecular formula is C16H23ClN4. The van der Waals surface area contributed by atoms with Gasteiger partial charge in [-0.15, -0.1) is 0 Å². The van der Waals surface area contributed by atoms with Crippen molar-refractivity contribution in [3.8, 4) is 0 Å². The molecule has 1 saturated carbocycles. The Morgan fingerprint density at radius 2 is 2.14 bits per heavy atom. The Bertz CT molecular complexity index is 616. The first-order valence-corrected chi connectivity index (χ1v) is 8.34. The molecule has 1 aliphatic carbocycles. The second kappa shape index (κ2) is 6.32. The van der Waals surface area contributed by atoms with Crippen molar-refractivity contribution in [3.05, 3.63) is 23.1 Å². The van der Waals surface area contributed by atoms with Gasteiger partial charge in [0.15, 0.2) is 5.65 Å². The van der Waals surface area contributed by atoms with Crippen LogP contribution in [0.15, 0.2) is 12.3 Å². The van der Waals surface area contributed by atoms with E-state index in [-0.39, 0.29) is 6.04 Å². The van der Waals surface area contributed by atoms with Gasteiger partial charge in [-0.1, -0.05) is 37.8 Å². The van der Waals surface area contributed by atoms with Crippen molar-refractivity contribution in [2.75, 3.05) is 0 Å². The molecule has 2 aromatic rings. The number of fused-ring (bicyclic) bond motifs is 1. The Morgan fingerprint density at radius 1 is 1.38 bits per heavy atom. The molecule has 0 amide bonds. The lowest BCUT2D eigenvalue weighted by Crippen LogP contribution is -2.27. The molecule has 5 heteroatoms. The van der Waals surface area contributed by atoms with Crippen molar-refractivity contribution in [3.63, 3.8) is 0 Å². The topological polar surface area (TPSA) is 56.7 Å². The summed E-state index contributed by atoms with van der Waals surface area (Å²) in [6.45, 7) is 2.90. The number of hydrogen-bond donors (Lipinski definition) is 1. The highest BCUT2D eigenvalue weighted by Gasteiger charge is 2.23. The summed E-state index contributed by atoms with van der Waals surface area (Å²) in [5.74, 6) is 1.69. The van der Waals surface area contributed by atoms with Gasteiger partial charge in [0, 0.05) is 24.7 Å². The molecule has 4 nitrogen and oxygen atoms in total. The SMILES string of the molecule is CCC(N)Cn1c(C2CCCCC2)nc2cc(Cl)cnc21. The summed E-state index contributed by atoms with van der Waals surface area (Å²) < 4.78 is 2.23. The van der Waals surface area contributed by atoms with Gasteiger partial charge in [0.05, 0.1) is 5.02 Å². The monoisotopic (exact) mass is 306 g/mol. The maximum Gasteiger partial charge on any atom is 0.160 e. The van der Waals surface area contributed by atoms with Gasteiger partial charge in [-0.05, 0) is 25.3 Å². The maximum absolute atomic E-state index is 6.18. The molecule has 2 aromatic heterocycles. The lowest BCUT2D eigenvalue weighted by atomic mass is 9.88. The van der Waals surface area contributed by atoms with Crippen LogP contribution in [0.4, 0.5) is 0 Å². The van der Waals surface area contributed by atoms with Crippen LogP contribution in [-0.2, 0) is 6.54 Å². The molecule has 114 valence electrons. The number of rotatable bonds is 4. The quantitative estimate of drug-likeness (QED) is 0.933. The van der Waals surface area contributed by atoms with Gasteiger partial charge in [-0.25, -0.2) is 9.97 Å². The molecule has 2 heterocycles. The van der Waals surface area contributed by atoms with Crippen LogP contribution in [0.1, 0.15) is 57.2 Å². The summed E-state index contributed by atoms with van der Waals surface area (Å²) in [4.78, 5) is 9.34. The summed E-state index contributed by atoms with van der Waals surface area (Å²) in [7, 11) is 0. The van der Waals surface area contributed by atoms with E-state index in [0.717, 1.165) is 30.0 Å². The Balaban J connectivity index is 2.05. The van der Waals surface area contributed by atoms with E-state index in [1.165, 1.54) is 32.1 Å². The molecule has 3 rings (SSSR count). The second-order valence-corrected chi connectivity index (χ2v) is 6.52.